The molecule has 0 amide bonds. The molecule has 0 saturated carbocycles. The number of nitro benzene ring substituents is 1. The van der Waals surface area contributed by atoms with Gasteiger partial charge >= 0.3 is 0 Å². The van der Waals surface area contributed by atoms with Gasteiger partial charge in [-0.1, -0.05) is 0 Å². The van der Waals surface area contributed by atoms with Crippen LogP contribution < -0.4 is 5.32 Å². The van der Waals surface area contributed by atoms with Crippen LogP contribution in [0.5, 0.6) is 0 Å². The molecule has 1 aromatic carbocycles. The Morgan fingerprint density at radius 1 is 1.53 bits per heavy atom. The quantitative estimate of drug-likeness (QED) is 0.628. The zero-order chi connectivity index (χ0) is 12.3. The van der Waals surface area contributed by atoms with E-state index in [1.165, 1.54) is 18.5 Å². The predicted octanol–water partition coefficient (Wildman–Crippen LogP) is 2.07. The summed E-state index contributed by atoms with van der Waals surface area (Å²) in [4.78, 5) is 16.8. The van der Waals surface area contributed by atoms with Crippen LogP contribution in [-0.2, 0) is 6.54 Å². The maximum atomic E-state index is 12.9. The molecule has 17 heavy (non-hydrogen) atoms. The number of benzene rings is 1. The van der Waals surface area contributed by atoms with Crippen LogP contribution >= 0.6 is 0 Å². The lowest BCUT2D eigenvalue weighted by Gasteiger charge is -2.05. The van der Waals surface area contributed by atoms with E-state index in [9.17, 15) is 14.5 Å². The van der Waals surface area contributed by atoms with Gasteiger partial charge in [-0.25, -0.2) is 9.37 Å². The van der Waals surface area contributed by atoms with Gasteiger partial charge in [-0.2, -0.15) is 0 Å². The molecule has 1 heterocycles. The molecule has 0 saturated heterocycles. The van der Waals surface area contributed by atoms with Crippen LogP contribution in [0.15, 0.2) is 30.7 Å². The second-order valence-electron chi connectivity index (χ2n) is 3.35. The van der Waals surface area contributed by atoms with Crippen LogP contribution in [0, 0.1) is 15.9 Å². The normalized spacial score (nSPS) is 10.2. The number of nitro groups is 1. The van der Waals surface area contributed by atoms with Crippen molar-refractivity contribution in [3.8, 4) is 0 Å². The number of hydrogen-bond donors (Lipinski definition) is 2. The summed E-state index contributed by atoms with van der Waals surface area (Å²) in [6.45, 7) is 0.354. The van der Waals surface area contributed by atoms with Gasteiger partial charge in [0.1, 0.15) is 11.5 Å². The van der Waals surface area contributed by atoms with E-state index in [2.05, 4.69) is 15.3 Å². The first-order valence-corrected chi connectivity index (χ1v) is 4.82. The Hall–Kier alpha value is -2.44. The number of nitrogens with one attached hydrogen (secondary N) is 2. The number of nitrogens with zero attached hydrogens (tertiary/aromatic N) is 2. The van der Waals surface area contributed by atoms with Crippen LogP contribution in [0.25, 0.3) is 0 Å². The maximum absolute atomic E-state index is 12.9. The summed E-state index contributed by atoms with van der Waals surface area (Å²) in [6, 6.07) is 3.39. The number of anilines is 1. The first-order chi connectivity index (χ1) is 8.16. The minimum Gasteiger partial charge on any atom is -0.374 e. The fourth-order valence-corrected chi connectivity index (χ4v) is 1.38. The third-order valence-electron chi connectivity index (χ3n) is 2.18. The molecule has 1 aromatic heterocycles. The average molecular weight is 236 g/mol. The van der Waals surface area contributed by atoms with E-state index in [4.69, 9.17) is 0 Å². The van der Waals surface area contributed by atoms with Crippen molar-refractivity contribution in [1.82, 2.24) is 9.97 Å². The van der Waals surface area contributed by atoms with Crippen molar-refractivity contribution in [2.45, 2.75) is 6.54 Å². The summed E-state index contributed by atoms with van der Waals surface area (Å²) in [6.07, 6.45) is 3.11. The number of rotatable bonds is 4. The monoisotopic (exact) mass is 236 g/mol. The van der Waals surface area contributed by atoms with Gasteiger partial charge in [0, 0.05) is 6.20 Å². The van der Waals surface area contributed by atoms with Crippen molar-refractivity contribution in [2.24, 2.45) is 0 Å². The van der Waals surface area contributed by atoms with E-state index >= 15 is 0 Å². The SMILES string of the molecule is O=[N+]([O-])c1cc(F)ccc1NCc1cnc[nH]1. The topological polar surface area (TPSA) is 83.8 Å². The summed E-state index contributed by atoms with van der Waals surface area (Å²) in [5.41, 5.74) is 0.763. The standard InChI is InChI=1S/C10H9FN4O2/c11-7-1-2-9(10(3-7)15(16)17)13-5-8-4-12-6-14-8/h1-4,6,13H,5H2,(H,12,14). The Morgan fingerprint density at radius 3 is 3.00 bits per heavy atom. The number of aromatic amines is 1. The summed E-state index contributed by atoms with van der Waals surface area (Å²) in [5, 5.41) is 13.6. The molecule has 88 valence electrons. The fourth-order valence-electron chi connectivity index (χ4n) is 1.38. The molecular formula is C10H9FN4O2. The maximum Gasteiger partial charge on any atom is 0.295 e. The molecule has 2 rings (SSSR count). The highest BCUT2D eigenvalue weighted by molar-refractivity contribution is 5.61. The molecule has 0 aliphatic rings. The minimum absolute atomic E-state index is 0.269. The van der Waals surface area contributed by atoms with Crippen LogP contribution in [0.3, 0.4) is 0 Å². The van der Waals surface area contributed by atoms with Gasteiger partial charge in [-0.3, -0.25) is 10.1 Å². The van der Waals surface area contributed by atoms with E-state index < -0.39 is 10.7 Å². The van der Waals surface area contributed by atoms with Crippen molar-refractivity contribution in [2.75, 3.05) is 5.32 Å². The zero-order valence-corrected chi connectivity index (χ0v) is 8.68. The number of aromatic nitrogens is 2. The van der Waals surface area contributed by atoms with Crippen molar-refractivity contribution < 1.29 is 9.31 Å². The van der Waals surface area contributed by atoms with Crippen LogP contribution in [0.1, 0.15) is 5.69 Å². The van der Waals surface area contributed by atoms with E-state index in [1.807, 2.05) is 0 Å². The van der Waals surface area contributed by atoms with Gasteiger partial charge in [0.2, 0.25) is 0 Å². The van der Waals surface area contributed by atoms with Gasteiger partial charge in [0.25, 0.3) is 5.69 Å². The summed E-state index contributed by atoms with van der Waals surface area (Å²) < 4.78 is 12.9. The number of H-pyrrole nitrogens is 1. The summed E-state index contributed by atoms with van der Waals surface area (Å²) in [7, 11) is 0. The molecule has 2 aromatic rings. The summed E-state index contributed by atoms with van der Waals surface area (Å²) >= 11 is 0. The van der Waals surface area contributed by atoms with Crippen molar-refractivity contribution in [1.29, 1.82) is 0 Å². The Balaban J connectivity index is 2.17. The molecule has 0 fully saturated rings. The van der Waals surface area contributed by atoms with Crippen LogP contribution in [0.4, 0.5) is 15.8 Å². The number of hydrogen-bond acceptors (Lipinski definition) is 4. The molecular weight excluding hydrogens is 227 g/mol. The molecule has 0 aliphatic carbocycles. The molecule has 0 bridgehead atoms. The van der Waals surface area contributed by atoms with Gasteiger partial charge in [-0.05, 0) is 12.1 Å². The number of imidazole rings is 1. The first-order valence-electron chi connectivity index (χ1n) is 4.82. The molecule has 0 unspecified atom stereocenters. The molecule has 0 atom stereocenters. The van der Waals surface area contributed by atoms with Crippen molar-refractivity contribution >= 4 is 11.4 Å². The Labute approximate surface area is 95.7 Å². The van der Waals surface area contributed by atoms with E-state index in [0.717, 1.165) is 11.8 Å². The van der Waals surface area contributed by atoms with Crippen LogP contribution in [0.2, 0.25) is 0 Å². The smallest absolute Gasteiger partial charge is 0.295 e. The Bertz CT molecular complexity index is 527. The highest BCUT2D eigenvalue weighted by Gasteiger charge is 2.14. The number of halogens is 1. The Kier molecular flexibility index (Phi) is 2.99. The highest BCUT2D eigenvalue weighted by atomic mass is 19.1. The lowest BCUT2D eigenvalue weighted by Crippen LogP contribution is -2.03. The molecule has 2 N–H and O–H groups in total. The Morgan fingerprint density at radius 2 is 2.35 bits per heavy atom. The fraction of sp³-hybridized carbons (Fsp3) is 0.100. The van der Waals surface area contributed by atoms with Crippen molar-refractivity contribution in [3.05, 3.63) is 52.3 Å². The first kappa shape index (κ1) is 11.1. The summed E-state index contributed by atoms with van der Waals surface area (Å²) in [5.74, 6) is -0.635. The molecule has 7 heteroatoms. The van der Waals surface area contributed by atoms with E-state index in [0.29, 0.717) is 6.54 Å². The van der Waals surface area contributed by atoms with Crippen LogP contribution in [-0.4, -0.2) is 14.9 Å². The lowest BCUT2D eigenvalue weighted by molar-refractivity contribution is -0.384. The van der Waals surface area contributed by atoms with Gasteiger partial charge in [0.15, 0.2) is 0 Å². The zero-order valence-electron chi connectivity index (χ0n) is 8.68. The molecule has 0 aliphatic heterocycles. The van der Waals surface area contributed by atoms with Gasteiger partial charge in [-0.15, -0.1) is 0 Å². The predicted molar refractivity (Wildman–Crippen MR) is 59.0 cm³/mol. The average Bonchev–Trinajstić information content (AvgIpc) is 2.80. The molecule has 0 radical (unpaired) electrons. The second-order valence-corrected chi connectivity index (χ2v) is 3.35. The van der Waals surface area contributed by atoms with Gasteiger partial charge < -0.3 is 10.3 Å². The minimum atomic E-state index is -0.635. The molecule has 6 nitrogen and oxygen atoms in total. The van der Waals surface area contributed by atoms with Crippen molar-refractivity contribution in [3.63, 3.8) is 0 Å². The van der Waals surface area contributed by atoms with E-state index in [-0.39, 0.29) is 11.4 Å². The molecule has 0 spiro atoms. The van der Waals surface area contributed by atoms with E-state index in [1.54, 1.807) is 6.20 Å². The third kappa shape index (κ3) is 2.57. The van der Waals surface area contributed by atoms with Gasteiger partial charge in [0.05, 0.1) is 29.6 Å². The largest absolute Gasteiger partial charge is 0.374 e. The highest BCUT2D eigenvalue weighted by Crippen LogP contribution is 2.25. The lowest BCUT2D eigenvalue weighted by atomic mass is 10.2. The third-order valence-corrected chi connectivity index (χ3v) is 2.18. The second kappa shape index (κ2) is 4.60.